The van der Waals surface area contributed by atoms with Crippen LogP contribution in [0, 0.1) is 5.82 Å². The lowest BCUT2D eigenvalue weighted by atomic mass is 10.2. The van der Waals surface area contributed by atoms with Gasteiger partial charge in [0.15, 0.2) is 0 Å². The van der Waals surface area contributed by atoms with E-state index in [4.69, 9.17) is 0 Å². The van der Waals surface area contributed by atoms with Crippen LogP contribution in [-0.4, -0.2) is 19.0 Å². The van der Waals surface area contributed by atoms with E-state index in [1.165, 1.54) is 42.7 Å². The van der Waals surface area contributed by atoms with Crippen molar-refractivity contribution in [2.24, 2.45) is 0 Å². The first-order valence-electron chi connectivity index (χ1n) is 5.34. The average Bonchev–Trinajstić information content (AvgIpc) is 2.86. The fourth-order valence-corrected chi connectivity index (χ4v) is 2.21. The van der Waals surface area contributed by atoms with E-state index in [1.807, 2.05) is 0 Å². The quantitative estimate of drug-likeness (QED) is 0.879. The fraction of sp³-hybridized carbons (Fsp3) is 0.0769. The number of esters is 1. The number of carbonyl (C=O) groups excluding carboxylic acids is 2. The van der Waals surface area contributed by atoms with Gasteiger partial charge in [0.05, 0.1) is 17.7 Å². The van der Waals surface area contributed by atoms with Crippen LogP contribution >= 0.6 is 11.3 Å². The Kier molecular flexibility index (Phi) is 3.91. The van der Waals surface area contributed by atoms with E-state index in [2.05, 4.69) is 10.1 Å². The molecule has 0 unspecified atom stereocenters. The monoisotopic (exact) mass is 279 g/mol. The van der Waals surface area contributed by atoms with Gasteiger partial charge in [-0.05, 0) is 24.3 Å². The molecule has 2 aromatic rings. The number of halogens is 1. The number of thiophene rings is 1. The molecule has 0 aliphatic heterocycles. The fourth-order valence-electron chi connectivity index (χ4n) is 1.44. The molecule has 0 bridgehead atoms. The second-order valence-corrected chi connectivity index (χ2v) is 4.57. The molecule has 0 aliphatic rings. The molecule has 0 saturated heterocycles. The number of ether oxygens (including phenoxy) is 1. The zero-order valence-electron chi connectivity index (χ0n) is 9.98. The third-order valence-electron chi connectivity index (χ3n) is 2.34. The molecule has 1 N–H and O–H groups in total. The minimum Gasteiger partial charge on any atom is -0.465 e. The summed E-state index contributed by atoms with van der Waals surface area (Å²) in [5, 5.41) is 4.66. The second-order valence-electron chi connectivity index (χ2n) is 3.66. The number of hydrogen-bond acceptors (Lipinski definition) is 4. The van der Waals surface area contributed by atoms with Crippen LogP contribution in [0.2, 0.25) is 0 Å². The lowest BCUT2D eigenvalue weighted by molar-refractivity contribution is 0.0601. The predicted molar refractivity (Wildman–Crippen MR) is 70.0 cm³/mol. The molecule has 0 radical (unpaired) electrons. The standard InChI is InChI=1S/C13H10FNO3S/c1-18-13(17)9-6-11(19-7-9)15-12(16)8-3-2-4-10(14)5-8/h2-7H,1H3,(H,15,16). The average molecular weight is 279 g/mol. The Morgan fingerprint density at radius 3 is 2.74 bits per heavy atom. The van der Waals surface area contributed by atoms with E-state index < -0.39 is 17.7 Å². The van der Waals surface area contributed by atoms with Gasteiger partial charge in [-0.25, -0.2) is 9.18 Å². The number of carbonyl (C=O) groups is 2. The Morgan fingerprint density at radius 2 is 2.05 bits per heavy atom. The minimum absolute atomic E-state index is 0.216. The van der Waals surface area contributed by atoms with E-state index in [1.54, 1.807) is 5.38 Å². The third kappa shape index (κ3) is 3.17. The van der Waals surface area contributed by atoms with Gasteiger partial charge in [0.1, 0.15) is 5.82 Å². The van der Waals surface area contributed by atoms with E-state index in [0.29, 0.717) is 10.6 Å². The number of anilines is 1. The highest BCUT2D eigenvalue weighted by Gasteiger charge is 2.12. The molecule has 1 aromatic carbocycles. The maximum atomic E-state index is 13.0. The molecule has 6 heteroatoms. The van der Waals surface area contributed by atoms with Gasteiger partial charge in [-0.15, -0.1) is 11.3 Å². The van der Waals surface area contributed by atoms with Gasteiger partial charge in [-0.3, -0.25) is 4.79 Å². The molecule has 1 aromatic heterocycles. The summed E-state index contributed by atoms with van der Waals surface area (Å²) in [6.45, 7) is 0. The molecule has 0 atom stereocenters. The van der Waals surface area contributed by atoms with Gasteiger partial charge in [0.2, 0.25) is 0 Å². The van der Waals surface area contributed by atoms with Gasteiger partial charge in [0, 0.05) is 10.9 Å². The smallest absolute Gasteiger partial charge is 0.338 e. The summed E-state index contributed by atoms with van der Waals surface area (Å²) in [7, 11) is 1.28. The lowest BCUT2D eigenvalue weighted by Crippen LogP contribution is -2.11. The SMILES string of the molecule is COC(=O)c1csc(NC(=O)c2cccc(F)c2)c1. The Morgan fingerprint density at radius 1 is 1.26 bits per heavy atom. The van der Waals surface area contributed by atoms with Crippen molar-refractivity contribution in [3.63, 3.8) is 0 Å². The van der Waals surface area contributed by atoms with Crippen LogP contribution in [0.25, 0.3) is 0 Å². The molecule has 0 spiro atoms. The summed E-state index contributed by atoms with van der Waals surface area (Å²) in [5.74, 6) is -1.38. The van der Waals surface area contributed by atoms with E-state index in [9.17, 15) is 14.0 Å². The summed E-state index contributed by atoms with van der Waals surface area (Å²) < 4.78 is 17.5. The molecule has 98 valence electrons. The number of benzene rings is 1. The number of amides is 1. The van der Waals surface area contributed by atoms with Gasteiger partial charge in [-0.2, -0.15) is 0 Å². The van der Waals surface area contributed by atoms with Crippen molar-refractivity contribution in [1.29, 1.82) is 0 Å². The summed E-state index contributed by atoms with van der Waals surface area (Å²) in [6.07, 6.45) is 0. The zero-order chi connectivity index (χ0) is 13.8. The molecule has 2 rings (SSSR count). The molecule has 0 aliphatic carbocycles. The van der Waals surface area contributed by atoms with Crippen molar-refractivity contribution in [1.82, 2.24) is 0 Å². The van der Waals surface area contributed by atoms with E-state index in [0.717, 1.165) is 6.07 Å². The molecule has 0 saturated carbocycles. The van der Waals surface area contributed by atoms with Crippen LogP contribution in [0.5, 0.6) is 0 Å². The Balaban J connectivity index is 2.11. The van der Waals surface area contributed by atoms with Crippen molar-refractivity contribution >= 4 is 28.2 Å². The van der Waals surface area contributed by atoms with Crippen LogP contribution in [0.15, 0.2) is 35.7 Å². The van der Waals surface area contributed by atoms with E-state index in [-0.39, 0.29) is 5.56 Å². The first-order valence-corrected chi connectivity index (χ1v) is 6.22. The molecule has 19 heavy (non-hydrogen) atoms. The molecule has 0 fully saturated rings. The largest absolute Gasteiger partial charge is 0.465 e. The van der Waals surface area contributed by atoms with Gasteiger partial charge < -0.3 is 10.1 Å². The van der Waals surface area contributed by atoms with Crippen molar-refractivity contribution in [2.45, 2.75) is 0 Å². The van der Waals surface area contributed by atoms with Crippen LogP contribution in [0.1, 0.15) is 20.7 Å². The molecule has 1 amide bonds. The molecule has 4 nitrogen and oxygen atoms in total. The van der Waals surface area contributed by atoms with Crippen molar-refractivity contribution in [3.05, 3.63) is 52.7 Å². The first-order chi connectivity index (χ1) is 9.10. The number of hydrogen-bond donors (Lipinski definition) is 1. The van der Waals surface area contributed by atoms with Crippen LogP contribution in [0.4, 0.5) is 9.39 Å². The minimum atomic E-state index is -0.478. The van der Waals surface area contributed by atoms with E-state index >= 15 is 0 Å². The maximum absolute atomic E-state index is 13.0. The van der Waals surface area contributed by atoms with Gasteiger partial charge >= 0.3 is 5.97 Å². The van der Waals surface area contributed by atoms with Crippen LogP contribution in [0.3, 0.4) is 0 Å². The number of nitrogens with one attached hydrogen (secondary N) is 1. The first kappa shape index (κ1) is 13.2. The number of rotatable bonds is 3. The van der Waals surface area contributed by atoms with Gasteiger partial charge in [-0.1, -0.05) is 6.07 Å². The lowest BCUT2D eigenvalue weighted by Gasteiger charge is -2.02. The summed E-state index contributed by atoms with van der Waals surface area (Å²) in [4.78, 5) is 23.1. The highest BCUT2D eigenvalue weighted by Crippen LogP contribution is 2.21. The summed E-state index contributed by atoms with van der Waals surface area (Å²) >= 11 is 1.19. The van der Waals surface area contributed by atoms with Crippen molar-refractivity contribution in [3.8, 4) is 0 Å². The van der Waals surface area contributed by atoms with Gasteiger partial charge in [0.25, 0.3) is 5.91 Å². The normalized spacial score (nSPS) is 10.0. The topological polar surface area (TPSA) is 55.4 Å². The van der Waals surface area contributed by atoms with Crippen LogP contribution < -0.4 is 5.32 Å². The molecular weight excluding hydrogens is 269 g/mol. The summed E-state index contributed by atoms with van der Waals surface area (Å²) in [6, 6.07) is 6.88. The molecular formula is C13H10FNO3S. The second kappa shape index (κ2) is 5.62. The summed E-state index contributed by atoms with van der Waals surface area (Å²) in [5.41, 5.74) is 0.579. The molecule has 1 heterocycles. The maximum Gasteiger partial charge on any atom is 0.338 e. The van der Waals surface area contributed by atoms with Crippen molar-refractivity contribution in [2.75, 3.05) is 12.4 Å². The zero-order valence-corrected chi connectivity index (χ0v) is 10.8. The Labute approximate surface area is 112 Å². The third-order valence-corrected chi connectivity index (χ3v) is 3.19. The highest BCUT2D eigenvalue weighted by molar-refractivity contribution is 7.14. The highest BCUT2D eigenvalue weighted by atomic mass is 32.1. The Bertz CT molecular complexity index is 624. The van der Waals surface area contributed by atoms with Crippen molar-refractivity contribution < 1.29 is 18.7 Å². The number of methoxy groups -OCH3 is 1. The Hall–Kier alpha value is -2.21. The van der Waals surface area contributed by atoms with Crippen LogP contribution in [-0.2, 0) is 4.74 Å². The predicted octanol–water partition coefficient (Wildman–Crippen LogP) is 2.93.